The van der Waals surface area contributed by atoms with Gasteiger partial charge >= 0.3 is 0 Å². The highest BCUT2D eigenvalue weighted by Crippen LogP contribution is 2.15. The fourth-order valence-electron chi connectivity index (χ4n) is 3.13. The number of ether oxygens (including phenoxy) is 2. The average Bonchev–Trinajstić information content (AvgIpc) is 2.61. The summed E-state index contributed by atoms with van der Waals surface area (Å²) in [6.45, 7) is 9.84. The van der Waals surface area contributed by atoms with Crippen LogP contribution in [0.25, 0.3) is 0 Å². The zero-order valence-corrected chi connectivity index (χ0v) is 18.9. The van der Waals surface area contributed by atoms with Gasteiger partial charge in [-0.3, -0.25) is 4.99 Å². The van der Waals surface area contributed by atoms with E-state index in [1.54, 1.807) is 0 Å². The molecule has 0 radical (unpaired) electrons. The molecular weight excluding hydrogens is 441 g/mol. The number of nitrogens with one attached hydrogen (secondary N) is 1. The molecular formula is C20H34IN3O2. The van der Waals surface area contributed by atoms with E-state index < -0.39 is 0 Å². The van der Waals surface area contributed by atoms with Gasteiger partial charge in [-0.1, -0.05) is 12.1 Å². The van der Waals surface area contributed by atoms with Gasteiger partial charge in [-0.05, 0) is 57.7 Å². The molecule has 5 nitrogen and oxygen atoms in total. The predicted molar refractivity (Wildman–Crippen MR) is 119 cm³/mol. The van der Waals surface area contributed by atoms with Gasteiger partial charge in [0.25, 0.3) is 0 Å². The van der Waals surface area contributed by atoms with E-state index in [-0.39, 0.29) is 30.1 Å². The van der Waals surface area contributed by atoms with Crippen LogP contribution in [0.1, 0.15) is 39.2 Å². The molecule has 1 aliphatic heterocycles. The number of hydrogen-bond acceptors (Lipinski definition) is 3. The van der Waals surface area contributed by atoms with Crippen molar-refractivity contribution in [2.75, 3.05) is 33.3 Å². The quantitative estimate of drug-likeness (QED) is 0.371. The van der Waals surface area contributed by atoms with E-state index in [1.807, 2.05) is 33.0 Å². The van der Waals surface area contributed by atoms with Crippen LogP contribution in [-0.4, -0.2) is 56.4 Å². The average molecular weight is 475 g/mol. The Hall–Kier alpha value is -1.02. The molecule has 0 aliphatic carbocycles. The highest BCUT2D eigenvalue weighted by molar-refractivity contribution is 14.0. The van der Waals surface area contributed by atoms with Crippen molar-refractivity contribution in [3.05, 3.63) is 29.8 Å². The molecule has 26 heavy (non-hydrogen) atoms. The topological polar surface area (TPSA) is 46.1 Å². The monoisotopic (exact) mass is 475 g/mol. The van der Waals surface area contributed by atoms with Crippen molar-refractivity contribution in [3.63, 3.8) is 0 Å². The van der Waals surface area contributed by atoms with Gasteiger partial charge in [-0.2, -0.15) is 0 Å². The summed E-state index contributed by atoms with van der Waals surface area (Å²) < 4.78 is 11.4. The molecule has 148 valence electrons. The lowest BCUT2D eigenvalue weighted by atomic mass is 10.1. The summed E-state index contributed by atoms with van der Waals surface area (Å²) in [4.78, 5) is 6.76. The number of benzene rings is 1. The van der Waals surface area contributed by atoms with Gasteiger partial charge in [0.05, 0.1) is 12.2 Å². The van der Waals surface area contributed by atoms with E-state index in [4.69, 9.17) is 9.47 Å². The van der Waals surface area contributed by atoms with Crippen LogP contribution in [0.3, 0.4) is 0 Å². The van der Waals surface area contributed by atoms with Gasteiger partial charge in [0.15, 0.2) is 5.96 Å². The maximum Gasteiger partial charge on any atom is 0.193 e. The Morgan fingerprint density at radius 3 is 2.42 bits per heavy atom. The maximum absolute atomic E-state index is 5.72. The van der Waals surface area contributed by atoms with Crippen molar-refractivity contribution in [1.29, 1.82) is 0 Å². The molecule has 1 fully saturated rings. The number of halogens is 1. The van der Waals surface area contributed by atoms with Crippen molar-refractivity contribution in [1.82, 2.24) is 10.2 Å². The van der Waals surface area contributed by atoms with Crippen molar-refractivity contribution in [3.8, 4) is 5.75 Å². The molecule has 0 unspecified atom stereocenters. The Labute approximate surface area is 175 Å². The highest BCUT2D eigenvalue weighted by atomic mass is 127. The minimum atomic E-state index is 0. The molecule has 0 aromatic heterocycles. The van der Waals surface area contributed by atoms with Crippen LogP contribution < -0.4 is 10.1 Å². The molecule has 1 aliphatic rings. The third-order valence-corrected chi connectivity index (χ3v) is 4.35. The zero-order chi connectivity index (χ0) is 18.1. The van der Waals surface area contributed by atoms with E-state index in [2.05, 4.69) is 34.3 Å². The summed E-state index contributed by atoms with van der Waals surface area (Å²) in [5.41, 5.74) is 1.30. The first kappa shape index (κ1) is 23.0. The van der Waals surface area contributed by atoms with Crippen molar-refractivity contribution < 1.29 is 9.47 Å². The molecule has 0 amide bonds. The lowest BCUT2D eigenvalue weighted by molar-refractivity contribution is 0.0264. The smallest absolute Gasteiger partial charge is 0.193 e. The summed E-state index contributed by atoms with van der Waals surface area (Å²) in [6, 6.07) is 8.36. The summed E-state index contributed by atoms with van der Waals surface area (Å²) in [7, 11) is 1.86. The van der Waals surface area contributed by atoms with Crippen LogP contribution in [0.5, 0.6) is 5.75 Å². The van der Waals surface area contributed by atoms with E-state index in [9.17, 15) is 0 Å². The normalized spacial score (nSPS) is 15.7. The van der Waals surface area contributed by atoms with Crippen LogP contribution in [0, 0.1) is 0 Å². The standard InChI is InChI=1S/C20H33N3O2.HI/c1-5-24-18-11-14-23(15-12-18)20(21-4)22-13-10-17-6-8-19(9-7-17)25-16(2)3;/h6-9,16,18H,5,10-15H2,1-4H3,(H,21,22);1H. The predicted octanol–water partition coefficient (Wildman–Crippen LogP) is 3.71. The molecule has 0 saturated carbocycles. The molecule has 1 aromatic carbocycles. The van der Waals surface area contributed by atoms with Crippen molar-refractivity contribution >= 4 is 29.9 Å². The number of rotatable bonds is 7. The first-order valence-corrected chi connectivity index (χ1v) is 9.45. The lowest BCUT2D eigenvalue weighted by Gasteiger charge is -2.34. The van der Waals surface area contributed by atoms with E-state index in [0.717, 1.165) is 57.2 Å². The Bertz CT molecular complexity index is 526. The molecule has 1 N–H and O–H groups in total. The molecule has 6 heteroatoms. The minimum absolute atomic E-state index is 0. The molecule has 0 bridgehead atoms. The largest absolute Gasteiger partial charge is 0.491 e. The Morgan fingerprint density at radius 1 is 1.23 bits per heavy atom. The van der Waals surface area contributed by atoms with Gasteiger partial charge in [-0.25, -0.2) is 0 Å². The summed E-state index contributed by atoms with van der Waals surface area (Å²) >= 11 is 0. The SMILES string of the molecule is CCOC1CCN(C(=NC)NCCc2ccc(OC(C)C)cc2)CC1.I. The van der Waals surface area contributed by atoms with Gasteiger partial charge in [-0.15, -0.1) is 24.0 Å². The molecule has 0 spiro atoms. The number of nitrogens with zero attached hydrogens (tertiary/aromatic N) is 2. The molecule has 0 atom stereocenters. The van der Waals surface area contributed by atoms with Gasteiger partial charge < -0.3 is 19.7 Å². The maximum atomic E-state index is 5.72. The summed E-state index contributed by atoms with van der Waals surface area (Å²) in [6.07, 6.45) is 3.74. The molecule has 1 aromatic rings. The minimum Gasteiger partial charge on any atom is -0.491 e. The second-order valence-corrected chi connectivity index (χ2v) is 6.68. The third kappa shape index (κ3) is 7.70. The highest BCUT2D eigenvalue weighted by Gasteiger charge is 2.21. The fourth-order valence-corrected chi connectivity index (χ4v) is 3.13. The van der Waals surface area contributed by atoms with Crippen LogP contribution in [0.4, 0.5) is 0 Å². The fraction of sp³-hybridized carbons (Fsp3) is 0.650. The second kappa shape index (κ2) is 12.4. The van der Waals surface area contributed by atoms with Gasteiger partial charge in [0, 0.05) is 33.3 Å². The number of likely N-dealkylation sites (tertiary alicyclic amines) is 1. The zero-order valence-electron chi connectivity index (χ0n) is 16.5. The van der Waals surface area contributed by atoms with Gasteiger partial charge in [0.2, 0.25) is 0 Å². The van der Waals surface area contributed by atoms with Crippen molar-refractivity contribution in [2.24, 2.45) is 4.99 Å². The first-order chi connectivity index (χ1) is 12.1. The van der Waals surface area contributed by atoms with Crippen LogP contribution in [-0.2, 0) is 11.2 Å². The first-order valence-electron chi connectivity index (χ1n) is 9.45. The van der Waals surface area contributed by atoms with E-state index in [0.29, 0.717) is 6.10 Å². The second-order valence-electron chi connectivity index (χ2n) is 6.68. The summed E-state index contributed by atoms with van der Waals surface area (Å²) in [5, 5.41) is 3.49. The van der Waals surface area contributed by atoms with Crippen LogP contribution in [0.2, 0.25) is 0 Å². The number of piperidine rings is 1. The Balaban J connectivity index is 0.00000338. The van der Waals surface area contributed by atoms with Crippen molar-refractivity contribution in [2.45, 2.75) is 52.2 Å². The summed E-state index contributed by atoms with van der Waals surface area (Å²) in [5.74, 6) is 1.93. The number of aliphatic imine (C=N–C) groups is 1. The van der Waals surface area contributed by atoms with E-state index >= 15 is 0 Å². The lowest BCUT2D eigenvalue weighted by Crippen LogP contribution is -2.47. The molecule has 1 heterocycles. The number of guanidine groups is 1. The Kier molecular flexibility index (Phi) is 11.0. The van der Waals surface area contributed by atoms with Gasteiger partial charge in [0.1, 0.15) is 5.75 Å². The van der Waals surface area contributed by atoms with Crippen LogP contribution >= 0.6 is 24.0 Å². The molecule has 1 saturated heterocycles. The van der Waals surface area contributed by atoms with Crippen LogP contribution in [0.15, 0.2) is 29.3 Å². The third-order valence-electron chi connectivity index (χ3n) is 4.35. The number of hydrogen-bond donors (Lipinski definition) is 1. The van der Waals surface area contributed by atoms with E-state index in [1.165, 1.54) is 5.56 Å². The Morgan fingerprint density at radius 2 is 1.88 bits per heavy atom. The molecule has 2 rings (SSSR count).